The fraction of sp³-hybridized carbons (Fsp3) is 0.963. The average molecular weight is 409 g/mol. The number of unbranched alkanes of at least 4 members (excludes halogenated alkanes) is 1. The first-order valence-corrected chi connectivity index (χ1v) is 12.9. The minimum absolute atomic E-state index is 0.347. The number of hydrogen-bond acceptors (Lipinski definition) is 1. The molecule has 0 aromatic heterocycles. The van der Waals surface area contributed by atoms with Gasteiger partial charge in [0.05, 0.1) is 0 Å². The van der Waals surface area contributed by atoms with Gasteiger partial charge in [-0.05, 0) is 85.4 Å². The van der Waals surface area contributed by atoms with Crippen molar-refractivity contribution in [2.24, 2.45) is 40.4 Å². The van der Waals surface area contributed by atoms with Crippen molar-refractivity contribution >= 4 is 5.97 Å². The van der Waals surface area contributed by atoms with Crippen molar-refractivity contribution in [2.75, 3.05) is 0 Å². The lowest BCUT2D eigenvalue weighted by molar-refractivity contribution is -0.137. The smallest absolute Gasteiger partial charge is 0.303 e. The van der Waals surface area contributed by atoms with Crippen molar-refractivity contribution in [3.05, 3.63) is 0 Å². The molecule has 0 heterocycles. The highest BCUT2D eigenvalue weighted by molar-refractivity contribution is 5.66. The van der Waals surface area contributed by atoms with Gasteiger partial charge in [0.1, 0.15) is 0 Å². The van der Waals surface area contributed by atoms with Gasteiger partial charge in [0.2, 0.25) is 0 Å². The lowest BCUT2D eigenvalue weighted by atomic mass is 9.50. The summed E-state index contributed by atoms with van der Waals surface area (Å²) in [7, 11) is 0. The van der Waals surface area contributed by atoms with Crippen LogP contribution in [-0.4, -0.2) is 11.1 Å². The first-order valence-electron chi connectivity index (χ1n) is 12.9. The van der Waals surface area contributed by atoms with E-state index in [2.05, 4.69) is 41.5 Å². The molecule has 0 radical (unpaired) electrons. The van der Waals surface area contributed by atoms with Crippen LogP contribution in [0.2, 0.25) is 0 Å². The Bertz CT molecular complexity index is 485. The molecular formula is C27H52O2. The van der Waals surface area contributed by atoms with E-state index < -0.39 is 5.97 Å². The Kier molecular flexibility index (Phi) is 10.7. The molecule has 172 valence electrons. The molecule has 2 rings (SSSR count). The normalized spacial score (nSPS) is 33.6. The van der Waals surface area contributed by atoms with Gasteiger partial charge >= 0.3 is 5.97 Å². The van der Waals surface area contributed by atoms with Gasteiger partial charge in [0, 0.05) is 6.42 Å². The number of rotatable bonds is 10. The molecule has 0 amide bonds. The predicted molar refractivity (Wildman–Crippen MR) is 126 cm³/mol. The third-order valence-corrected chi connectivity index (χ3v) is 9.28. The van der Waals surface area contributed by atoms with Crippen LogP contribution in [0, 0.1) is 40.4 Å². The number of carboxylic acids is 1. The van der Waals surface area contributed by atoms with Crippen LogP contribution in [0.25, 0.3) is 0 Å². The lowest BCUT2D eigenvalue weighted by Crippen LogP contribution is -2.48. The summed E-state index contributed by atoms with van der Waals surface area (Å²) in [5.74, 6) is 3.45. The molecule has 6 atom stereocenters. The van der Waals surface area contributed by atoms with Crippen molar-refractivity contribution < 1.29 is 9.90 Å². The van der Waals surface area contributed by atoms with E-state index in [0.29, 0.717) is 17.3 Å². The molecule has 2 fully saturated rings. The Morgan fingerprint density at radius 2 is 1.79 bits per heavy atom. The number of fused-ring (bicyclic) bond motifs is 1. The van der Waals surface area contributed by atoms with E-state index in [-0.39, 0.29) is 0 Å². The van der Waals surface area contributed by atoms with Crippen molar-refractivity contribution in [1.29, 1.82) is 0 Å². The lowest BCUT2D eigenvalue weighted by Gasteiger charge is -2.55. The van der Waals surface area contributed by atoms with Crippen molar-refractivity contribution in [3.8, 4) is 0 Å². The molecule has 29 heavy (non-hydrogen) atoms. The summed E-state index contributed by atoms with van der Waals surface area (Å²) in [6.45, 7) is 18.8. The van der Waals surface area contributed by atoms with Gasteiger partial charge in [-0.15, -0.1) is 0 Å². The standard InChI is InChI=1S/C25H46O2.C2H6/c1-7-9-16-24(5,18(3)4)22-15-17-25(6)19(11-10-12-23(26)27)13-14-21(25)20(22)8-2;1-2/h18-22H,7-17H2,1-6H3,(H,26,27);1-2H3. The Balaban J connectivity index is 0.00000204. The van der Waals surface area contributed by atoms with Gasteiger partial charge in [-0.1, -0.05) is 74.7 Å². The summed E-state index contributed by atoms with van der Waals surface area (Å²) < 4.78 is 0. The maximum Gasteiger partial charge on any atom is 0.303 e. The number of hydrogen-bond donors (Lipinski definition) is 1. The molecule has 0 saturated heterocycles. The van der Waals surface area contributed by atoms with Crippen LogP contribution in [0.5, 0.6) is 0 Å². The summed E-state index contributed by atoms with van der Waals surface area (Å²) in [5, 5.41) is 9.01. The summed E-state index contributed by atoms with van der Waals surface area (Å²) in [6, 6.07) is 0. The topological polar surface area (TPSA) is 37.3 Å². The third-order valence-electron chi connectivity index (χ3n) is 9.28. The Morgan fingerprint density at radius 3 is 2.31 bits per heavy atom. The van der Waals surface area contributed by atoms with Crippen molar-refractivity contribution in [3.63, 3.8) is 0 Å². The molecule has 0 aromatic rings. The maximum absolute atomic E-state index is 10.9. The summed E-state index contributed by atoms with van der Waals surface area (Å²) in [4.78, 5) is 10.9. The second-order valence-corrected chi connectivity index (χ2v) is 10.7. The summed E-state index contributed by atoms with van der Waals surface area (Å²) in [6.07, 6.45) is 13.2. The van der Waals surface area contributed by atoms with Crippen LogP contribution < -0.4 is 0 Å². The zero-order valence-corrected chi connectivity index (χ0v) is 21.0. The summed E-state index contributed by atoms with van der Waals surface area (Å²) >= 11 is 0. The van der Waals surface area contributed by atoms with Gasteiger partial charge < -0.3 is 5.11 Å². The molecule has 0 spiro atoms. The molecule has 2 heteroatoms. The first kappa shape index (κ1) is 26.5. The average Bonchev–Trinajstić information content (AvgIpc) is 3.03. The largest absolute Gasteiger partial charge is 0.481 e. The molecule has 2 saturated carbocycles. The Labute approximate surface area is 182 Å². The van der Waals surface area contributed by atoms with Crippen LogP contribution in [-0.2, 0) is 4.79 Å². The van der Waals surface area contributed by atoms with Gasteiger partial charge in [0.15, 0.2) is 0 Å². The van der Waals surface area contributed by atoms with Gasteiger partial charge in [-0.25, -0.2) is 0 Å². The molecule has 2 aliphatic carbocycles. The second kappa shape index (κ2) is 11.8. The highest BCUT2D eigenvalue weighted by Gasteiger charge is 2.56. The molecule has 0 aliphatic heterocycles. The monoisotopic (exact) mass is 408 g/mol. The summed E-state index contributed by atoms with van der Waals surface area (Å²) in [5.41, 5.74) is 0.928. The molecule has 0 bridgehead atoms. The van der Waals surface area contributed by atoms with Gasteiger partial charge in [0.25, 0.3) is 0 Å². The van der Waals surface area contributed by atoms with Crippen LogP contribution >= 0.6 is 0 Å². The van der Waals surface area contributed by atoms with Gasteiger partial charge in [-0.3, -0.25) is 4.79 Å². The van der Waals surface area contributed by atoms with E-state index in [1.54, 1.807) is 0 Å². The zero-order chi connectivity index (χ0) is 22.2. The van der Waals surface area contributed by atoms with Gasteiger partial charge in [-0.2, -0.15) is 0 Å². The first-order chi connectivity index (χ1) is 13.7. The molecule has 2 aliphatic rings. The quantitative estimate of drug-likeness (QED) is 0.393. The van der Waals surface area contributed by atoms with E-state index in [9.17, 15) is 4.79 Å². The fourth-order valence-electron chi connectivity index (χ4n) is 7.22. The Hall–Kier alpha value is -0.530. The van der Waals surface area contributed by atoms with Crippen molar-refractivity contribution in [1.82, 2.24) is 0 Å². The SMILES string of the molecule is CC.CCCCC(C)(C(C)C)C1CCC2(C)C(CCCC(=O)O)CCC2C1CC. The van der Waals surface area contributed by atoms with Crippen LogP contribution in [0.1, 0.15) is 126 Å². The molecule has 6 unspecified atom stereocenters. The van der Waals surface area contributed by atoms with Crippen LogP contribution in [0.15, 0.2) is 0 Å². The fourth-order valence-corrected chi connectivity index (χ4v) is 7.22. The second-order valence-electron chi connectivity index (χ2n) is 10.7. The van der Waals surface area contributed by atoms with E-state index in [1.807, 2.05) is 13.8 Å². The van der Waals surface area contributed by atoms with Crippen molar-refractivity contribution in [2.45, 2.75) is 126 Å². The highest BCUT2D eigenvalue weighted by Crippen LogP contribution is 2.64. The molecular weight excluding hydrogens is 356 g/mol. The van der Waals surface area contributed by atoms with E-state index in [1.165, 1.54) is 51.4 Å². The minimum atomic E-state index is -0.631. The Morgan fingerprint density at radius 1 is 1.14 bits per heavy atom. The molecule has 2 nitrogen and oxygen atoms in total. The van der Waals surface area contributed by atoms with Crippen LogP contribution in [0.3, 0.4) is 0 Å². The van der Waals surface area contributed by atoms with E-state index >= 15 is 0 Å². The molecule has 1 N–H and O–H groups in total. The van der Waals surface area contributed by atoms with E-state index in [4.69, 9.17) is 5.11 Å². The minimum Gasteiger partial charge on any atom is -0.481 e. The number of carboxylic acid groups (broad SMARTS) is 1. The van der Waals surface area contributed by atoms with E-state index in [0.717, 1.165) is 42.4 Å². The highest BCUT2D eigenvalue weighted by atomic mass is 16.4. The predicted octanol–water partition coefficient (Wildman–Crippen LogP) is 8.59. The molecule has 0 aromatic carbocycles. The zero-order valence-electron chi connectivity index (χ0n) is 21.0. The number of carbonyl (C=O) groups is 1. The third kappa shape index (κ3) is 5.79. The van der Waals surface area contributed by atoms with Crippen LogP contribution in [0.4, 0.5) is 0 Å². The number of aliphatic carboxylic acids is 1. The maximum atomic E-state index is 10.9.